The van der Waals surface area contributed by atoms with Gasteiger partial charge in [-0.2, -0.15) is 0 Å². The second-order valence-corrected chi connectivity index (χ2v) is 5.38. The Balaban J connectivity index is 1.72. The number of para-hydroxylation sites is 1. The fraction of sp³-hybridized carbons (Fsp3) is 0.105. The third kappa shape index (κ3) is 3.74. The second kappa shape index (κ2) is 7.00. The molecule has 1 fully saturated rings. The number of carbonyl (C=O) groups is 3. The Hall–Kier alpha value is -3.41. The van der Waals surface area contributed by atoms with E-state index < -0.39 is 23.8 Å². The summed E-state index contributed by atoms with van der Waals surface area (Å²) in [7, 11) is 0. The highest BCUT2D eigenvalue weighted by molar-refractivity contribution is 6.12. The minimum absolute atomic E-state index is 0.399. The van der Waals surface area contributed by atoms with E-state index in [4.69, 9.17) is 9.57 Å². The number of nitrogens with zero attached hydrogens (tertiary/aromatic N) is 1. The number of esters is 1. The quantitative estimate of drug-likeness (QED) is 0.487. The molecule has 6 nitrogen and oxygen atoms in total. The summed E-state index contributed by atoms with van der Waals surface area (Å²) in [6.45, 7) is 1.32. The van der Waals surface area contributed by atoms with E-state index in [-0.39, 0.29) is 0 Å². The molecule has 0 radical (unpaired) electrons. The molecular weight excluding hydrogens is 322 g/mol. The molecule has 3 rings (SSSR count). The first-order chi connectivity index (χ1) is 12.0. The van der Waals surface area contributed by atoms with E-state index in [9.17, 15) is 14.4 Å². The first kappa shape index (κ1) is 16.4. The summed E-state index contributed by atoms with van der Waals surface area (Å²) in [5.41, 5.74) is 1.26. The average Bonchev–Trinajstić information content (AvgIpc) is 2.89. The summed E-state index contributed by atoms with van der Waals surface area (Å²) in [4.78, 5) is 40.3. The van der Waals surface area contributed by atoms with Crippen LogP contribution in [0.4, 0.5) is 5.69 Å². The molecule has 0 saturated carbocycles. The largest absolute Gasteiger partial charge is 0.427 e. The molecule has 0 bridgehead atoms. The molecule has 1 atom stereocenters. The van der Waals surface area contributed by atoms with Crippen molar-refractivity contribution in [2.75, 3.05) is 5.06 Å². The summed E-state index contributed by atoms with van der Waals surface area (Å²) in [6.07, 6.45) is 3.14. The molecule has 0 spiro atoms. The van der Waals surface area contributed by atoms with Crippen molar-refractivity contribution in [3.63, 3.8) is 0 Å². The Morgan fingerprint density at radius 2 is 1.76 bits per heavy atom. The van der Waals surface area contributed by atoms with Crippen LogP contribution < -0.4 is 9.80 Å². The number of ether oxygens (including phenoxy) is 1. The van der Waals surface area contributed by atoms with Gasteiger partial charge in [-0.1, -0.05) is 42.5 Å². The van der Waals surface area contributed by atoms with Crippen LogP contribution in [-0.2, 0) is 19.2 Å². The van der Waals surface area contributed by atoms with Gasteiger partial charge in [0.1, 0.15) is 5.75 Å². The number of benzene rings is 2. The lowest BCUT2D eigenvalue weighted by atomic mass is 10.1. The van der Waals surface area contributed by atoms with Gasteiger partial charge < -0.3 is 9.57 Å². The third-order valence-corrected chi connectivity index (χ3v) is 3.51. The number of hydrogen-bond donors (Lipinski definition) is 0. The van der Waals surface area contributed by atoms with Gasteiger partial charge in [-0.3, -0.25) is 9.59 Å². The van der Waals surface area contributed by atoms with Gasteiger partial charge in [-0.15, -0.1) is 5.06 Å². The molecule has 2 aromatic rings. The van der Waals surface area contributed by atoms with E-state index in [0.29, 0.717) is 11.4 Å². The van der Waals surface area contributed by atoms with Gasteiger partial charge >= 0.3 is 11.9 Å². The van der Waals surface area contributed by atoms with Crippen LogP contribution in [-0.4, -0.2) is 17.8 Å². The molecule has 1 heterocycles. The standard InChI is InChI=1S/C19H15NO5/c1-13(21)24-16-10-7-14(8-11-16)9-12-17-18(22)20(25-19(17)23)15-5-3-2-4-6-15/h2-12,17H,1H3. The molecule has 0 aromatic heterocycles. The van der Waals surface area contributed by atoms with Crippen LogP contribution in [0.15, 0.2) is 60.7 Å². The number of hydrogen-bond acceptors (Lipinski definition) is 5. The van der Waals surface area contributed by atoms with Crippen molar-refractivity contribution >= 4 is 29.6 Å². The second-order valence-electron chi connectivity index (χ2n) is 5.38. The summed E-state index contributed by atoms with van der Waals surface area (Å²) in [6, 6.07) is 15.4. The van der Waals surface area contributed by atoms with Crippen molar-refractivity contribution in [3.05, 3.63) is 66.2 Å². The van der Waals surface area contributed by atoms with Crippen LogP contribution in [0.2, 0.25) is 0 Å². The molecule has 0 aliphatic carbocycles. The Kier molecular flexibility index (Phi) is 4.61. The van der Waals surface area contributed by atoms with Gasteiger partial charge in [-0.25, -0.2) is 4.79 Å². The first-order valence-corrected chi connectivity index (χ1v) is 7.62. The topological polar surface area (TPSA) is 72.9 Å². The SMILES string of the molecule is CC(=O)Oc1ccc(C=CC2C(=O)ON(c3ccccc3)C2=O)cc1. The molecule has 0 N–H and O–H groups in total. The highest BCUT2D eigenvalue weighted by Crippen LogP contribution is 2.25. The Morgan fingerprint density at radius 1 is 1.08 bits per heavy atom. The summed E-state index contributed by atoms with van der Waals surface area (Å²) in [5.74, 6) is -2.03. The molecule has 1 aliphatic rings. The highest BCUT2D eigenvalue weighted by Gasteiger charge is 2.41. The molecule has 126 valence electrons. The summed E-state index contributed by atoms with van der Waals surface area (Å²) < 4.78 is 4.95. The maximum absolute atomic E-state index is 12.4. The average molecular weight is 337 g/mol. The molecule has 25 heavy (non-hydrogen) atoms. The maximum Gasteiger partial charge on any atom is 0.349 e. The number of carbonyl (C=O) groups excluding carboxylic acids is 3. The van der Waals surface area contributed by atoms with Crippen molar-refractivity contribution in [2.24, 2.45) is 5.92 Å². The lowest BCUT2D eigenvalue weighted by Gasteiger charge is -2.12. The van der Waals surface area contributed by atoms with E-state index >= 15 is 0 Å². The summed E-state index contributed by atoms with van der Waals surface area (Å²) >= 11 is 0. The minimum Gasteiger partial charge on any atom is -0.427 e. The van der Waals surface area contributed by atoms with Gasteiger partial charge in [0.05, 0.1) is 5.69 Å². The van der Waals surface area contributed by atoms with E-state index in [0.717, 1.165) is 10.6 Å². The van der Waals surface area contributed by atoms with E-state index in [1.165, 1.54) is 13.0 Å². The number of amides is 1. The molecule has 1 aliphatic heterocycles. The van der Waals surface area contributed by atoms with Crippen LogP contribution in [0.1, 0.15) is 12.5 Å². The third-order valence-electron chi connectivity index (χ3n) is 3.51. The Bertz CT molecular complexity index is 827. The molecule has 1 unspecified atom stereocenters. The zero-order valence-corrected chi connectivity index (χ0v) is 13.4. The maximum atomic E-state index is 12.4. The van der Waals surface area contributed by atoms with E-state index in [1.54, 1.807) is 54.6 Å². The van der Waals surface area contributed by atoms with Crippen LogP contribution in [0.5, 0.6) is 5.75 Å². The van der Waals surface area contributed by atoms with Gasteiger partial charge in [0.25, 0.3) is 5.91 Å². The van der Waals surface area contributed by atoms with Crippen molar-refractivity contribution in [2.45, 2.75) is 6.92 Å². The molecular formula is C19H15NO5. The van der Waals surface area contributed by atoms with Crippen LogP contribution >= 0.6 is 0 Å². The smallest absolute Gasteiger partial charge is 0.349 e. The highest BCUT2D eigenvalue weighted by atomic mass is 16.7. The van der Waals surface area contributed by atoms with Crippen molar-refractivity contribution in [1.29, 1.82) is 0 Å². The first-order valence-electron chi connectivity index (χ1n) is 7.62. The Labute approximate surface area is 144 Å². The predicted molar refractivity (Wildman–Crippen MR) is 90.3 cm³/mol. The number of rotatable bonds is 4. The minimum atomic E-state index is -0.992. The Morgan fingerprint density at radius 3 is 2.40 bits per heavy atom. The van der Waals surface area contributed by atoms with Crippen molar-refractivity contribution < 1.29 is 24.0 Å². The lowest BCUT2D eigenvalue weighted by Crippen LogP contribution is -2.25. The molecule has 2 aromatic carbocycles. The van der Waals surface area contributed by atoms with Gasteiger partial charge in [0.2, 0.25) is 0 Å². The molecule has 1 saturated heterocycles. The zero-order chi connectivity index (χ0) is 17.8. The number of hydroxylamine groups is 1. The van der Waals surface area contributed by atoms with Crippen LogP contribution in [0.3, 0.4) is 0 Å². The van der Waals surface area contributed by atoms with E-state index in [2.05, 4.69) is 0 Å². The fourth-order valence-electron chi connectivity index (χ4n) is 2.34. The summed E-state index contributed by atoms with van der Waals surface area (Å²) in [5, 5.41) is 1.00. The predicted octanol–water partition coefficient (Wildman–Crippen LogP) is 2.75. The van der Waals surface area contributed by atoms with Crippen LogP contribution in [0, 0.1) is 5.92 Å². The molecule has 6 heteroatoms. The normalized spacial score (nSPS) is 17.0. The van der Waals surface area contributed by atoms with Gasteiger partial charge in [0, 0.05) is 6.92 Å². The monoisotopic (exact) mass is 337 g/mol. The van der Waals surface area contributed by atoms with E-state index in [1.807, 2.05) is 6.07 Å². The van der Waals surface area contributed by atoms with Gasteiger partial charge in [-0.05, 0) is 29.8 Å². The fourth-order valence-corrected chi connectivity index (χ4v) is 2.34. The van der Waals surface area contributed by atoms with Crippen molar-refractivity contribution in [3.8, 4) is 5.75 Å². The van der Waals surface area contributed by atoms with Crippen molar-refractivity contribution in [1.82, 2.24) is 0 Å². The molecule has 1 amide bonds. The van der Waals surface area contributed by atoms with Gasteiger partial charge in [0.15, 0.2) is 5.92 Å². The lowest BCUT2D eigenvalue weighted by molar-refractivity contribution is -0.141. The zero-order valence-electron chi connectivity index (χ0n) is 13.4. The number of anilines is 1. The van der Waals surface area contributed by atoms with Crippen LogP contribution in [0.25, 0.3) is 6.08 Å².